The number of carbonyl (C=O) groups excluding carboxylic acids is 2. The summed E-state index contributed by atoms with van der Waals surface area (Å²) in [5.41, 5.74) is 3.86. The fourth-order valence-electron chi connectivity index (χ4n) is 4.40. The lowest BCUT2D eigenvalue weighted by Crippen LogP contribution is -2.29. The van der Waals surface area contributed by atoms with Crippen LogP contribution < -0.4 is 4.90 Å². The number of aliphatic hydroxyl groups is 1. The summed E-state index contributed by atoms with van der Waals surface area (Å²) < 4.78 is 0. The molecule has 33 heavy (non-hydrogen) atoms. The van der Waals surface area contributed by atoms with E-state index in [1.54, 1.807) is 18.3 Å². The molecule has 3 heterocycles. The van der Waals surface area contributed by atoms with Crippen LogP contribution in [0.1, 0.15) is 42.5 Å². The van der Waals surface area contributed by atoms with Crippen LogP contribution in [0.15, 0.2) is 84.8 Å². The third-order valence-electron chi connectivity index (χ3n) is 6.15. The topological polar surface area (TPSA) is 86.3 Å². The molecule has 0 aliphatic carbocycles. The van der Waals surface area contributed by atoms with Gasteiger partial charge in [-0.05, 0) is 41.8 Å². The van der Waals surface area contributed by atoms with Crippen LogP contribution in [0, 0.1) is 0 Å². The highest BCUT2D eigenvalue weighted by Crippen LogP contribution is 2.44. The average molecular weight is 437 g/mol. The summed E-state index contributed by atoms with van der Waals surface area (Å²) >= 11 is 0. The number of aromatic nitrogens is 2. The van der Waals surface area contributed by atoms with Crippen molar-refractivity contribution in [2.24, 2.45) is 0 Å². The molecule has 5 rings (SSSR count). The number of pyridine rings is 1. The molecule has 1 atom stereocenters. The maximum absolute atomic E-state index is 13.3. The minimum atomic E-state index is -0.779. The van der Waals surface area contributed by atoms with Crippen LogP contribution in [0.4, 0.5) is 5.69 Å². The molecule has 164 valence electrons. The number of aromatic amines is 1. The lowest BCUT2D eigenvalue weighted by molar-refractivity contribution is -0.132. The predicted octanol–water partition coefficient (Wildman–Crippen LogP) is 5.31. The van der Waals surface area contributed by atoms with Gasteiger partial charge >= 0.3 is 0 Å². The lowest BCUT2D eigenvalue weighted by Gasteiger charge is -2.25. The summed E-state index contributed by atoms with van der Waals surface area (Å²) in [5.74, 6) is -1.26. The normalized spacial score (nSPS) is 17.9. The Bertz CT molecular complexity index is 1390. The van der Waals surface area contributed by atoms with Crippen LogP contribution in [0.2, 0.25) is 0 Å². The number of aliphatic hydroxyl groups excluding tert-OH is 1. The predicted molar refractivity (Wildman–Crippen MR) is 128 cm³/mol. The second kappa shape index (κ2) is 8.06. The van der Waals surface area contributed by atoms with E-state index in [0.29, 0.717) is 17.2 Å². The lowest BCUT2D eigenvalue weighted by atomic mass is 9.95. The van der Waals surface area contributed by atoms with Crippen LogP contribution in [0.5, 0.6) is 0 Å². The molecule has 1 aliphatic rings. The van der Waals surface area contributed by atoms with E-state index in [9.17, 15) is 14.7 Å². The fraction of sp³-hybridized carbons (Fsp3) is 0.148. The van der Waals surface area contributed by atoms with Gasteiger partial charge in [-0.2, -0.15) is 0 Å². The zero-order valence-electron chi connectivity index (χ0n) is 18.3. The van der Waals surface area contributed by atoms with E-state index in [2.05, 4.69) is 23.8 Å². The van der Waals surface area contributed by atoms with Gasteiger partial charge in [0.15, 0.2) is 0 Å². The Morgan fingerprint density at radius 1 is 1.00 bits per heavy atom. The van der Waals surface area contributed by atoms with Gasteiger partial charge in [0.05, 0.1) is 11.6 Å². The highest BCUT2D eigenvalue weighted by atomic mass is 16.3. The van der Waals surface area contributed by atoms with E-state index in [4.69, 9.17) is 0 Å². The molecular weight excluding hydrogens is 414 g/mol. The van der Waals surface area contributed by atoms with E-state index in [1.807, 2.05) is 48.5 Å². The fourth-order valence-corrected chi connectivity index (χ4v) is 4.40. The van der Waals surface area contributed by atoms with E-state index in [-0.39, 0.29) is 11.3 Å². The molecule has 4 aromatic rings. The maximum Gasteiger partial charge on any atom is 0.300 e. The molecule has 6 heteroatoms. The van der Waals surface area contributed by atoms with Crippen molar-refractivity contribution in [1.29, 1.82) is 0 Å². The van der Waals surface area contributed by atoms with Crippen molar-refractivity contribution in [1.82, 2.24) is 9.97 Å². The molecular formula is C27H23N3O3. The van der Waals surface area contributed by atoms with Crippen molar-refractivity contribution >= 4 is 34.0 Å². The second-order valence-electron chi connectivity index (χ2n) is 8.44. The van der Waals surface area contributed by atoms with Crippen LogP contribution in [-0.4, -0.2) is 26.8 Å². The molecule has 0 spiro atoms. The first-order chi connectivity index (χ1) is 16.0. The Labute approximate surface area is 191 Å². The van der Waals surface area contributed by atoms with Crippen LogP contribution in [0.25, 0.3) is 16.7 Å². The number of ketones is 1. The van der Waals surface area contributed by atoms with Crippen molar-refractivity contribution in [3.05, 3.63) is 102 Å². The third-order valence-corrected chi connectivity index (χ3v) is 6.15. The Morgan fingerprint density at radius 2 is 1.70 bits per heavy atom. The molecule has 2 aromatic carbocycles. The summed E-state index contributed by atoms with van der Waals surface area (Å²) in [4.78, 5) is 35.3. The molecule has 1 aliphatic heterocycles. The number of rotatable bonds is 4. The number of hydrogen-bond donors (Lipinski definition) is 2. The molecule has 0 bridgehead atoms. The van der Waals surface area contributed by atoms with Gasteiger partial charge in [0.2, 0.25) is 0 Å². The maximum atomic E-state index is 13.3. The first-order valence-corrected chi connectivity index (χ1v) is 10.8. The van der Waals surface area contributed by atoms with Crippen molar-refractivity contribution in [3.8, 4) is 0 Å². The standard InChI is InChI=1S/C27H23N3O3/c1-16(2)17-7-9-19(10-8-17)30-24(21-15-29-22-6-4-3-5-20(21)22)23(26(32)27(30)33)25(31)18-11-13-28-14-12-18/h3-16,24,29,31H,1-2H3/b25-23+. The Balaban J connectivity index is 1.75. The van der Waals surface area contributed by atoms with E-state index in [0.717, 1.165) is 22.0 Å². The quantitative estimate of drug-likeness (QED) is 0.257. The van der Waals surface area contributed by atoms with Gasteiger partial charge in [-0.3, -0.25) is 19.5 Å². The van der Waals surface area contributed by atoms with Crippen LogP contribution in [-0.2, 0) is 9.59 Å². The highest BCUT2D eigenvalue weighted by Gasteiger charge is 2.47. The monoisotopic (exact) mass is 437 g/mol. The van der Waals surface area contributed by atoms with Crippen molar-refractivity contribution in [2.45, 2.75) is 25.8 Å². The number of Topliss-reactive ketones (excluding diaryl/α,β-unsaturated/α-hetero) is 1. The number of amides is 1. The summed E-state index contributed by atoms with van der Waals surface area (Å²) in [6, 6.07) is 17.8. The van der Waals surface area contributed by atoms with Gasteiger partial charge in [-0.1, -0.05) is 44.2 Å². The minimum absolute atomic E-state index is 0.0592. The third kappa shape index (κ3) is 3.40. The van der Waals surface area contributed by atoms with Crippen molar-refractivity contribution in [2.75, 3.05) is 4.90 Å². The average Bonchev–Trinajstić information content (AvgIpc) is 3.38. The number of nitrogens with zero attached hydrogens (tertiary/aromatic N) is 2. The number of carbonyl (C=O) groups is 2. The summed E-state index contributed by atoms with van der Waals surface area (Å²) in [5, 5.41) is 12.1. The minimum Gasteiger partial charge on any atom is -0.507 e. The SMILES string of the molecule is CC(C)c1ccc(N2C(=O)C(=O)/C(=C(/O)c3ccncc3)C2c2c[nH]c3ccccc23)cc1. The first-order valence-electron chi connectivity index (χ1n) is 10.8. The van der Waals surface area contributed by atoms with E-state index < -0.39 is 17.7 Å². The molecule has 1 unspecified atom stereocenters. The molecule has 1 amide bonds. The van der Waals surface area contributed by atoms with Gasteiger partial charge in [0, 0.05) is 46.3 Å². The van der Waals surface area contributed by atoms with Crippen molar-refractivity contribution < 1.29 is 14.7 Å². The van der Waals surface area contributed by atoms with E-state index >= 15 is 0 Å². The zero-order valence-corrected chi connectivity index (χ0v) is 18.3. The summed E-state index contributed by atoms with van der Waals surface area (Å²) in [6.45, 7) is 4.20. The molecule has 0 radical (unpaired) electrons. The number of H-pyrrole nitrogens is 1. The Hall–Kier alpha value is -4.19. The number of hydrogen-bond acceptors (Lipinski definition) is 4. The Kier molecular flexibility index (Phi) is 5.05. The molecule has 2 N–H and O–H groups in total. The van der Waals surface area contributed by atoms with Crippen LogP contribution in [0.3, 0.4) is 0 Å². The smallest absolute Gasteiger partial charge is 0.300 e. The van der Waals surface area contributed by atoms with E-state index in [1.165, 1.54) is 17.3 Å². The molecule has 0 saturated carbocycles. The van der Waals surface area contributed by atoms with Crippen LogP contribution >= 0.6 is 0 Å². The Morgan fingerprint density at radius 3 is 2.39 bits per heavy atom. The van der Waals surface area contributed by atoms with Crippen molar-refractivity contribution in [3.63, 3.8) is 0 Å². The van der Waals surface area contributed by atoms with Gasteiger partial charge in [0.1, 0.15) is 5.76 Å². The molecule has 1 fully saturated rings. The van der Waals surface area contributed by atoms with Gasteiger partial charge in [0.25, 0.3) is 11.7 Å². The van der Waals surface area contributed by atoms with Gasteiger partial charge < -0.3 is 10.1 Å². The van der Waals surface area contributed by atoms with Gasteiger partial charge in [-0.15, -0.1) is 0 Å². The second-order valence-corrected chi connectivity index (χ2v) is 8.44. The number of para-hydroxylation sites is 1. The first kappa shape index (κ1) is 20.7. The number of fused-ring (bicyclic) bond motifs is 1. The zero-order chi connectivity index (χ0) is 23.1. The molecule has 6 nitrogen and oxygen atoms in total. The number of anilines is 1. The molecule has 1 saturated heterocycles. The van der Waals surface area contributed by atoms with Gasteiger partial charge in [-0.25, -0.2) is 0 Å². The number of nitrogens with one attached hydrogen (secondary N) is 1. The largest absolute Gasteiger partial charge is 0.507 e. The highest BCUT2D eigenvalue weighted by molar-refractivity contribution is 6.51. The summed E-state index contributed by atoms with van der Waals surface area (Å²) in [7, 11) is 0. The number of benzene rings is 2. The molecule has 2 aromatic heterocycles. The summed E-state index contributed by atoms with van der Waals surface area (Å²) in [6.07, 6.45) is 4.88.